The van der Waals surface area contributed by atoms with Crippen LogP contribution in [-0.2, 0) is 17.1 Å². The molecule has 4 nitrogen and oxygen atoms in total. The summed E-state index contributed by atoms with van der Waals surface area (Å²) in [4.78, 5) is 0. The fourth-order valence-electron chi connectivity index (χ4n) is 1.26. The molecule has 0 heterocycles. The Morgan fingerprint density at radius 2 is 1.58 bits per heavy atom. The van der Waals surface area contributed by atoms with Crippen molar-refractivity contribution in [3.05, 3.63) is 48.5 Å². The van der Waals surface area contributed by atoms with Crippen molar-refractivity contribution in [3.63, 3.8) is 0 Å². The van der Waals surface area contributed by atoms with Crippen LogP contribution in [0.3, 0.4) is 0 Å². The summed E-state index contributed by atoms with van der Waals surface area (Å²) >= 11 is 0. The number of rotatable bonds is 6. The molecule has 2 aromatic rings. The van der Waals surface area contributed by atoms with E-state index in [0.717, 1.165) is 0 Å². The van der Waals surface area contributed by atoms with E-state index in [1.807, 2.05) is 30.3 Å². The maximum atomic E-state index is 8.53. The van der Waals surface area contributed by atoms with Gasteiger partial charge in [0, 0.05) is 28.6 Å². The Morgan fingerprint density at radius 3 is 2.11 bits per heavy atom. The van der Waals surface area contributed by atoms with Crippen molar-refractivity contribution in [2.24, 2.45) is 0 Å². The minimum atomic E-state index is -0.0232. The topological polar surface area (TPSA) is 58.9 Å². The monoisotopic (exact) mass is 306 g/mol. The Hall–Kier alpha value is -1.26. The van der Waals surface area contributed by atoms with E-state index in [2.05, 4.69) is 0 Å². The molecule has 0 aliphatic rings. The van der Waals surface area contributed by atoms with Gasteiger partial charge in [-0.05, 0) is 0 Å². The molecule has 0 saturated heterocycles. The van der Waals surface area contributed by atoms with Crippen LogP contribution in [0.25, 0.3) is 0 Å². The molecular formula is C14H18FeO4-6. The van der Waals surface area contributed by atoms with Crippen molar-refractivity contribution in [2.45, 2.75) is 0 Å². The van der Waals surface area contributed by atoms with Gasteiger partial charge in [-0.15, -0.1) is 6.07 Å². The van der Waals surface area contributed by atoms with E-state index in [9.17, 15) is 0 Å². The molecule has 0 aliphatic heterocycles. The molecule has 0 fully saturated rings. The molecule has 5 heteroatoms. The largest absolute Gasteiger partial charge is 0.748 e. The number of aliphatic hydroxyl groups excluding tert-OH is 2. The van der Waals surface area contributed by atoms with Crippen molar-refractivity contribution in [1.82, 2.24) is 0 Å². The van der Waals surface area contributed by atoms with Gasteiger partial charge in [0.25, 0.3) is 0 Å². The second-order valence-corrected chi connectivity index (χ2v) is 3.36. The summed E-state index contributed by atoms with van der Waals surface area (Å²) in [6.07, 6.45) is 0. The van der Waals surface area contributed by atoms with Gasteiger partial charge in [0.15, 0.2) is 0 Å². The van der Waals surface area contributed by atoms with Crippen molar-refractivity contribution in [3.8, 4) is 11.5 Å². The van der Waals surface area contributed by atoms with E-state index in [1.165, 1.54) is 0 Å². The second-order valence-electron chi connectivity index (χ2n) is 3.36. The van der Waals surface area contributed by atoms with Crippen molar-refractivity contribution >= 4 is 0 Å². The molecule has 2 rings (SSSR count). The van der Waals surface area contributed by atoms with E-state index < -0.39 is 0 Å². The van der Waals surface area contributed by atoms with Gasteiger partial charge in [-0.25, -0.2) is 6.07 Å². The normalized spacial score (nSPS) is 8.95. The summed E-state index contributed by atoms with van der Waals surface area (Å²) < 4.78 is 10.3. The fraction of sp³-hybridized carbons (Fsp3) is 0.286. The van der Waals surface area contributed by atoms with Gasteiger partial charge < -0.3 is 50.0 Å². The first-order valence-electron chi connectivity index (χ1n) is 5.78. The zero-order valence-corrected chi connectivity index (χ0v) is 11.6. The summed E-state index contributed by atoms with van der Waals surface area (Å²) in [5.74, 6) is 1.20. The molecule has 19 heavy (non-hydrogen) atoms. The molecule has 0 amide bonds. The average molecular weight is 306 g/mol. The van der Waals surface area contributed by atoms with Crippen LogP contribution in [0, 0.1) is 0 Å². The molecule has 0 radical (unpaired) electrons. The summed E-state index contributed by atoms with van der Waals surface area (Å²) in [5, 5.41) is 17.1. The van der Waals surface area contributed by atoms with Gasteiger partial charge in [-0.1, -0.05) is 0 Å². The van der Waals surface area contributed by atoms with Gasteiger partial charge in [-0.2, -0.15) is 6.07 Å². The van der Waals surface area contributed by atoms with Gasteiger partial charge in [0.05, 0.1) is 19.8 Å². The Labute approximate surface area is 123 Å². The van der Waals surface area contributed by atoms with Crippen LogP contribution in [0.1, 0.15) is 0 Å². The van der Waals surface area contributed by atoms with Crippen LogP contribution in [0.5, 0.6) is 11.5 Å². The number of hydrogen-bond acceptors (Lipinski definition) is 4. The first kappa shape index (κ1) is 17.7. The van der Waals surface area contributed by atoms with Gasteiger partial charge in [-0.3, -0.25) is 0 Å². The molecule has 0 atom stereocenters. The number of hydrogen-bond donors (Lipinski definition) is 2. The summed E-state index contributed by atoms with van der Waals surface area (Å²) in [6, 6.07) is 15.3. The third kappa shape index (κ3) is 7.69. The molecule has 0 spiro atoms. The Bertz CT molecular complexity index is 344. The van der Waals surface area contributed by atoms with Crippen molar-refractivity contribution in [2.75, 3.05) is 26.4 Å². The Morgan fingerprint density at radius 1 is 1.00 bits per heavy atom. The molecule has 112 valence electrons. The van der Waals surface area contributed by atoms with Crippen LogP contribution in [-0.4, -0.2) is 36.6 Å². The molecule has 0 unspecified atom stereocenters. The molecule has 2 aromatic carbocycles. The molecule has 2 N–H and O–H groups in total. The van der Waals surface area contributed by atoms with E-state index in [0.29, 0.717) is 11.5 Å². The quantitative estimate of drug-likeness (QED) is 0.628. The van der Waals surface area contributed by atoms with Crippen LogP contribution >= 0.6 is 0 Å². The van der Waals surface area contributed by atoms with Crippen molar-refractivity contribution in [1.29, 1.82) is 0 Å². The third-order valence-electron chi connectivity index (χ3n) is 1.99. The molecule has 0 bridgehead atoms. The van der Waals surface area contributed by atoms with E-state index in [1.54, 1.807) is 18.2 Å². The maximum absolute atomic E-state index is 8.53. The number of aliphatic hydroxyl groups is 2. The predicted octanol–water partition coefficient (Wildman–Crippen LogP) is 1.55. The average Bonchev–Trinajstić information content (AvgIpc) is 3.07. The minimum absolute atomic E-state index is 0. The van der Waals surface area contributed by atoms with Crippen LogP contribution in [0.15, 0.2) is 48.5 Å². The first-order chi connectivity index (χ1) is 8.88. The zero-order chi connectivity index (χ0) is 13.1. The van der Waals surface area contributed by atoms with E-state index in [4.69, 9.17) is 19.7 Å². The second kappa shape index (κ2) is 11.8. The Kier molecular flexibility index (Phi) is 11.0. The van der Waals surface area contributed by atoms with Crippen molar-refractivity contribution < 1.29 is 36.8 Å². The molecular weight excluding hydrogens is 288 g/mol. The van der Waals surface area contributed by atoms with Gasteiger partial charge in [0.2, 0.25) is 0 Å². The summed E-state index contributed by atoms with van der Waals surface area (Å²) in [6.45, 7) is 0.453. The minimum Gasteiger partial charge on any atom is -0.748 e. The Balaban J connectivity index is 0.000000454. The zero-order valence-electron chi connectivity index (χ0n) is 10.5. The van der Waals surface area contributed by atoms with E-state index >= 15 is 0 Å². The van der Waals surface area contributed by atoms with Crippen LogP contribution in [0.2, 0.25) is 0 Å². The summed E-state index contributed by atoms with van der Waals surface area (Å²) in [7, 11) is 0. The standard InChI is InChI=1S/C9H13O4.C5H5.Fe/c10-4-6-12-8-2-1-3-9(8)13-7-5-11;1-2-4-5-3-1;/h1-3,10-11H,4-7H2;1-5H;/q-1;-5;. The SMILES string of the molecule is OCCOc1ccc[c-]1OCCO.[Fe].[cH-]1[cH-][cH-][cH-][cH-]1. The number of ether oxygens (including phenoxy) is 2. The van der Waals surface area contributed by atoms with Gasteiger partial charge >= 0.3 is 0 Å². The first-order valence-corrected chi connectivity index (χ1v) is 5.78. The maximum Gasteiger partial charge on any atom is 0.108 e. The molecule has 0 aromatic heterocycles. The fourth-order valence-corrected chi connectivity index (χ4v) is 1.26. The molecule has 0 saturated carbocycles. The third-order valence-corrected chi connectivity index (χ3v) is 1.99. The molecule has 0 aliphatic carbocycles. The van der Waals surface area contributed by atoms with Crippen LogP contribution in [0.4, 0.5) is 0 Å². The summed E-state index contributed by atoms with van der Waals surface area (Å²) in [5.41, 5.74) is 0. The van der Waals surface area contributed by atoms with Gasteiger partial charge in [0.1, 0.15) is 6.61 Å². The van der Waals surface area contributed by atoms with E-state index in [-0.39, 0.29) is 43.5 Å². The smallest absolute Gasteiger partial charge is 0.108 e. The van der Waals surface area contributed by atoms with Crippen LogP contribution < -0.4 is 9.47 Å². The predicted molar refractivity (Wildman–Crippen MR) is 69.2 cm³/mol.